The van der Waals surface area contributed by atoms with Crippen LogP contribution in [-0.2, 0) is 0 Å². The van der Waals surface area contributed by atoms with Gasteiger partial charge < -0.3 is 10.7 Å². The van der Waals surface area contributed by atoms with Crippen molar-refractivity contribution in [3.8, 4) is 0 Å². The highest BCUT2D eigenvalue weighted by Gasteiger charge is 2.22. The fourth-order valence-corrected chi connectivity index (χ4v) is 2.07. The second kappa shape index (κ2) is 6.33. The van der Waals surface area contributed by atoms with Gasteiger partial charge in [0.15, 0.2) is 0 Å². The van der Waals surface area contributed by atoms with E-state index in [1.165, 1.54) is 18.4 Å². The van der Waals surface area contributed by atoms with Crippen molar-refractivity contribution in [2.45, 2.75) is 19.8 Å². The fraction of sp³-hybridized carbons (Fsp3) is 0.294. The number of rotatable bonds is 7. The molecule has 2 rings (SSSR count). The average molecular weight is 267 g/mol. The Balaban J connectivity index is 2.35. The largest absolute Gasteiger partial charge is 0.382 e. The van der Waals surface area contributed by atoms with Crippen LogP contribution in [0.2, 0.25) is 0 Å². The Morgan fingerprint density at radius 3 is 2.50 bits per heavy atom. The summed E-state index contributed by atoms with van der Waals surface area (Å²) in [7, 11) is 0. The summed E-state index contributed by atoms with van der Waals surface area (Å²) in [5.74, 6) is 0.715. The first-order chi connectivity index (χ1) is 9.65. The van der Waals surface area contributed by atoms with Crippen molar-refractivity contribution in [3.05, 3.63) is 53.7 Å². The van der Waals surface area contributed by atoms with E-state index in [-0.39, 0.29) is 5.71 Å². The Morgan fingerprint density at radius 1 is 1.35 bits per heavy atom. The molecular weight excluding hydrogens is 246 g/mol. The third-order valence-electron chi connectivity index (χ3n) is 3.51. The van der Waals surface area contributed by atoms with E-state index in [0.717, 1.165) is 23.9 Å². The van der Waals surface area contributed by atoms with Crippen LogP contribution in [0.4, 0.5) is 0 Å². The van der Waals surface area contributed by atoms with Crippen LogP contribution < -0.4 is 5.32 Å². The Hall–Kier alpha value is -2.16. The van der Waals surface area contributed by atoms with Crippen molar-refractivity contribution in [2.75, 3.05) is 6.54 Å². The number of hydrogen-bond acceptors (Lipinski definition) is 3. The lowest BCUT2D eigenvalue weighted by Gasteiger charge is -2.14. The molecule has 0 bridgehead atoms. The molecule has 0 saturated heterocycles. The van der Waals surface area contributed by atoms with Crippen LogP contribution in [0.25, 0.3) is 5.57 Å². The molecule has 1 saturated carbocycles. The minimum absolute atomic E-state index is 0.195. The number of allylic oxidation sites excluding steroid dienone is 3. The molecule has 0 aromatic heterocycles. The quantitative estimate of drug-likeness (QED) is 0.513. The summed E-state index contributed by atoms with van der Waals surface area (Å²) in [6.45, 7) is 6.79. The zero-order valence-electron chi connectivity index (χ0n) is 11.9. The van der Waals surface area contributed by atoms with E-state index in [4.69, 9.17) is 10.8 Å². The minimum Gasteiger partial charge on any atom is -0.382 e. The van der Waals surface area contributed by atoms with Gasteiger partial charge in [0.25, 0.3) is 0 Å². The summed E-state index contributed by atoms with van der Waals surface area (Å²) in [6, 6.07) is 8.15. The average Bonchev–Trinajstić information content (AvgIpc) is 3.28. The van der Waals surface area contributed by atoms with Crippen LogP contribution >= 0.6 is 0 Å². The van der Waals surface area contributed by atoms with E-state index < -0.39 is 0 Å². The lowest BCUT2D eigenvalue weighted by molar-refractivity contribution is 0.735. The highest BCUT2D eigenvalue weighted by molar-refractivity contribution is 6.37. The highest BCUT2D eigenvalue weighted by atomic mass is 14.9. The maximum Gasteiger partial charge on any atom is 0.0953 e. The van der Waals surface area contributed by atoms with Crippen molar-refractivity contribution < 1.29 is 0 Å². The summed E-state index contributed by atoms with van der Waals surface area (Å²) in [5, 5.41) is 18.7. The molecule has 1 fully saturated rings. The second-order valence-electron chi connectivity index (χ2n) is 5.24. The minimum atomic E-state index is 0.195. The van der Waals surface area contributed by atoms with E-state index in [1.54, 1.807) is 6.08 Å². The molecule has 3 nitrogen and oxygen atoms in total. The summed E-state index contributed by atoms with van der Waals surface area (Å²) < 4.78 is 0. The molecule has 0 radical (unpaired) electrons. The molecular formula is C17H21N3. The summed E-state index contributed by atoms with van der Waals surface area (Å²) in [6.07, 6.45) is 5.35. The monoisotopic (exact) mass is 267 g/mol. The lowest BCUT2D eigenvalue weighted by atomic mass is 10.00. The van der Waals surface area contributed by atoms with Crippen molar-refractivity contribution in [1.82, 2.24) is 5.32 Å². The van der Waals surface area contributed by atoms with Gasteiger partial charge in [-0.2, -0.15) is 0 Å². The van der Waals surface area contributed by atoms with Gasteiger partial charge in [-0.05, 0) is 31.2 Å². The lowest BCUT2D eigenvalue weighted by Crippen LogP contribution is -2.24. The van der Waals surface area contributed by atoms with Crippen molar-refractivity contribution in [3.63, 3.8) is 0 Å². The Labute approximate surface area is 120 Å². The molecule has 0 aliphatic heterocycles. The van der Waals surface area contributed by atoms with E-state index in [2.05, 4.69) is 11.9 Å². The summed E-state index contributed by atoms with van der Waals surface area (Å²) in [5.41, 5.74) is 4.01. The van der Waals surface area contributed by atoms with Gasteiger partial charge in [-0.3, -0.25) is 5.41 Å². The maximum atomic E-state index is 7.97. The smallest absolute Gasteiger partial charge is 0.0953 e. The molecule has 1 aliphatic rings. The Kier molecular flexibility index (Phi) is 4.51. The van der Waals surface area contributed by atoms with Crippen molar-refractivity contribution in [1.29, 1.82) is 10.8 Å². The van der Waals surface area contributed by atoms with Gasteiger partial charge in [0.05, 0.1) is 11.4 Å². The molecule has 1 aromatic carbocycles. The molecule has 3 heteroatoms. The standard InChI is InChI=1S/C17H21N3/c1-3-15(14-8-4-12(2)5-9-14)17(16(19)10-18)20-11-13-6-7-13/h3-5,8-10,13,18-20H,1,6-7,11H2,2H3/b17-15-,18-10?,19-16?. The summed E-state index contributed by atoms with van der Waals surface area (Å²) >= 11 is 0. The van der Waals surface area contributed by atoms with Crippen LogP contribution in [0, 0.1) is 23.7 Å². The van der Waals surface area contributed by atoms with Crippen LogP contribution in [0.1, 0.15) is 24.0 Å². The summed E-state index contributed by atoms with van der Waals surface area (Å²) in [4.78, 5) is 0. The molecule has 0 heterocycles. The first-order valence-electron chi connectivity index (χ1n) is 6.92. The van der Waals surface area contributed by atoms with Gasteiger partial charge in [-0.15, -0.1) is 0 Å². The first-order valence-corrected chi connectivity index (χ1v) is 6.92. The molecule has 0 atom stereocenters. The van der Waals surface area contributed by atoms with Crippen LogP contribution in [0.15, 0.2) is 42.6 Å². The van der Waals surface area contributed by atoms with Gasteiger partial charge in [0.1, 0.15) is 0 Å². The van der Waals surface area contributed by atoms with Crippen LogP contribution in [0.3, 0.4) is 0 Å². The number of benzene rings is 1. The van der Waals surface area contributed by atoms with Crippen molar-refractivity contribution in [2.24, 2.45) is 5.92 Å². The highest BCUT2D eigenvalue weighted by Crippen LogP contribution is 2.28. The van der Waals surface area contributed by atoms with E-state index in [9.17, 15) is 0 Å². The van der Waals surface area contributed by atoms with E-state index in [1.807, 2.05) is 31.2 Å². The predicted octanol–water partition coefficient (Wildman–Crippen LogP) is 3.56. The van der Waals surface area contributed by atoms with Gasteiger partial charge in [0, 0.05) is 18.3 Å². The zero-order valence-corrected chi connectivity index (χ0v) is 11.9. The molecule has 104 valence electrons. The molecule has 1 aromatic rings. The van der Waals surface area contributed by atoms with Gasteiger partial charge in [-0.1, -0.05) is 42.5 Å². The van der Waals surface area contributed by atoms with Gasteiger partial charge in [0.2, 0.25) is 0 Å². The molecule has 0 spiro atoms. The number of hydrogen-bond donors (Lipinski definition) is 3. The maximum absolute atomic E-state index is 7.97. The van der Waals surface area contributed by atoms with Crippen LogP contribution in [-0.4, -0.2) is 18.5 Å². The fourth-order valence-electron chi connectivity index (χ4n) is 2.07. The second-order valence-corrected chi connectivity index (χ2v) is 5.24. The number of aryl methyl sites for hydroxylation is 1. The zero-order chi connectivity index (χ0) is 14.5. The normalized spacial score (nSPS) is 15.2. The Morgan fingerprint density at radius 2 is 2.00 bits per heavy atom. The topological polar surface area (TPSA) is 59.7 Å². The molecule has 20 heavy (non-hydrogen) atoms. The Bertz CT molecular complexity index is 548. The van der Waals surface area contributed by atoms with Gasteiger partial charge >= 0.3 is 0 Å². The molecule has 0 amide bonds. The molecule has 0 unspecified atom stereocenters. The SMILES string of the molecule is C=C/C(=C(/NCC1CC1)C(=N)C=N)c1ccc(C)cc1. The van der Waals surface area contributed by atoms with E-state index in [0.29, 0.717) is 11.6 Å². The van der Waals surface area contributed by atoms with Crippen LogP contribution in [0.5, 0.6) is 0 Å². The van der Waals surface area contributed by atoms with Gasteiger partial charge in [-0.25, -0.2) is 0 Å². The third-order valence-corrected chi connectivity index (χ3v) is 3.51. The molecule has 3 N–H and O–H groups in total. The van der Waals surface area contributed by atoms with E-state index >= 15 is 0 Å². The number of nitrogens with one attached hydrogen (secondary N) is 3. The predicted molar refractivity (Wildman–Crippen MR) is 85.5 cm³/mol. The first kappa shape index (κ1) is 14.3. The van der Waals surface area contributed by atoms with Crippen molar-refractivity contribution >= 4 is 17.5 Å². The third kappa shape index (κ3) is 3.44. The molecule has 1 aliphatic carbocycles.